The topological polar surface area (TPSA) is 59.2 Å². The normalized spacial score (nSPS) is 23.2. The van der Waals surface area contributed by atoms with E-state index in [9.17, 15) is 4.79 Å². The molecule has 1 aromatic rings. The second-order valence-electron chi connectivity index (χ2n) is 4.24. The van der Waals surface area contributed by atoms with E-state index >= 15 is 0 Å². The molecule has 2 N–H and O–H groups in total. The number of nitrogens with two attached hydrogens (primary N) is 1. The van der Waals surface area contributed by atoms with Crippen molar-refractivity contribution in [3.8, 4) is 0 Å². The molecule has 2 heterocycles. The van der Waals surface area contributed by atoms with Crippen LogP contribution < -0.4 is 5.73 Å². The molecule has 0 spiro atoms. The Labute approximate surface area is 95.5 Å². The Kier molecular flexibility index (Phi) is 3.19. The summed E-state index contributed by atoms with van der Waals surface area (Å²) in [6.45, 7) is 2.83. The predicted octanol–water partition coefficient (Wildman–Crippen LogP) is 1.09. The molecule has 0 saturated carbocycles. The van der Waals surface area contributed by atoms with Crippen LogP contribution in [-0.2, 0) is 4.79 Å². The molecule has 1 aliphatic rings. The Hall–Kier alpha value is -1.42. The van der Waals surface area contributed by atoms with Crippen molar-refractivity contribution in [2.75, 3.05) is 6.54 Å². The number of carbonyl (C=O) groups is 1. The minimum atomic E-state index is -0.321. The number of likely N-dealkylation sites (tertiary alicyclic amines) is 1. The van der Waals surface area contributed by atoms with Crippen LogP contribution in [0.5, 0.6) is 0 Å². The van der Waals surface area contributed by atoms with Gasteiger partial charge in [-0.25, -0.2) is 0 Å². The number of hydrogen-bond acceptors (Lipinski definition) is 3. The van der Waals surface area contributed by atoms with Crippen molar-refractivity contribution >= 4 is 5.91 Å². The molecule has 1 fully saturated rings. The molecule has 0 bridgehead atoms. The van der Waals surface area contributed by atoms with E-state index in [2.05, 4.69) is 4.98 Å². The van der Waals surface area contributed by atoms with E-state index in [0.717, 1.165) is 24.9 Å². The smallest absolute Gasteiger partial charge is 0.239 e. The summed E-state index contributed by atoms with van der Waals surface area (Å²) in [6.07, 6.45) is 5.29. The molecule has 0 aliphatic carbocycles. The van der Waals surface area contributed by atoms with Gasteiger partial charge in [-0.2, -0.15) is 0 Å². The molecule has 1 aliphatic heterocycles. The number of hydrogen-bond donors (Lipinski definition) is 1. The average Bonchev–Trinajstić information content (AvgIpc) is 2.33. The number of amides is 1. The molecule has 4 heteroatoms. The van der Waals surface area contributed by atoms with Gasteiger partial charge in [0.05, 0.1) is 12.1 Å². The number of rotatable bonds is 2. The lowest BCUT2D eigenvalue weighted by Gasteiger charge is -2.35. The molecule has 2 unspecified atom stereocenters. The summed E-state index contributed by atoms with van der Waals surface area (Å²) in [5.74, 6) is 0.0653. The first kappa shape index (κ1) is 11.1. The van der Waals surface area contributed by atoms with E-state index in [1.54, 1.807) is 12.4 Å². The Morgan fingerprint density at radius 1 is 1.50 bits per heavy atom. The van der Waals surface area contributed by atoms with E-state index < -0.39 is 0 Å². The molecule has 2 atom stereocenters. The van der Waals surface area contributed by atoms with Gasteiger partial charge in [-0.3, -0.25) is 9.78 Å². The number of aromatic nitrogens is 1. The van der Waals surface area contributed by atoms with E-state index in [1.165, 1.54) is 0 Å². The van der Waals surface area contributed by atoms with E-state index in [1.807, 2.05) is 24.0 Å². The minimum Gasteiger partial charge on any atom is -0.335 e. The second kappa shape index (κ2) is 4.61. The van der Waals surface area contributed by atoms with Gasteiger partial charge in [0.25, 0.3) is 0 Å². The van der Waals surface area contributed by atoms with Crippen LogP contribution in [-0.4, -0.2) is 28.4 Å². The van der Waals surface area contributed by atoms with Gasteiger partial charge >= 0.3 is 0 Å². The highest BCUT2D eigenvalue weighted by Gasteiger charge is 2.29. The molecule has 1 saturated heterocycles. The highest BCUT2D eigenvalue weighted by molar-refractivity contribution is 5.82. The summed E-state index contributed by atoms with van der Waals surface area (Å²) < 4.78 is 0. The molecule has 16 heavy (non-hydrogen) atoms. The van der Waals surface area contributed by atoms with Crippen LogP contribution in [0.2, 0.25) is 0 Å². The maximum Gasteiger partial charge on any atom is 0.239 e. The zero-order chi connectivity index (χ0) is 11.5. The van der Waals surface area contributed by atoms with E-state index in [4.69, 9.17) is 5.73 Å². The van der Waals surface area contributed by atoms with Gasteiger partial charge in [-0.15, -0.1) is 0 Å². The summed E-state index contributed by atoms with van der Waals surface area (Å²) in [5.41, 5.74) is 6.89. The molecule has 4 nitrogen and oxygen atoms in total. The predicted molar refractivity (Wildman–Crippen MR) is 61.6 cm³/mol. The maximum absolute atomic E-state index is 11.9. The van der Waals surface area contributed by atoms with Crippen molar-refractivity contribution in [3.05, 3.63) is 30.1 Å². The van der Waals surface area contributed by atoms with Crippen molar-refractivity contribution in [1.82, 2.24) is 9.88 Å². The summed E-state index contributed by atoms with van der Waals surface area (Å²) >= 11 is 0. The van der Waals surface area contributed by atoms with Gasteiger partial charge in [0.2, 0.25) is 5.91 Å². The maximum atomic E-state index is 11.9. The Balaban J connectivity index is 2.15. The van der Waals surface area contributed by atoms with Gasteiger partial charge < -0.3 is 10.6 Å². The summed E-state index contributed by atoms with van der Waals surface area (Å²) in [5, 5.41) is 0. The van der Waals surface area contributed by atoms with Crippen LogP contribution in [0.3, 0.4) is 0 Å². The second-order valence-corrected chi connectivity index (χ2v) is 4.24. The average molecular weight is 219 g/mol. The third-order valence-electron chi connectivity index (χ3n) is 3.17. The third-order valence-corrected chi connectivity index (χ3v) is 3.17. The monoisotopic (exact) mass is 219 g/mol. The first-order chi connectivity index (χ1) is 7.70. The molecule has 86 valence electrons. The van der Waals surface area contributed by atoms with Crippen molar-refractivity contribution in [2.45, 2.75) is 31.8 Å². The quantitative estimate of drug-likeness (QED) is 0.810. The lowest BCUT2D eigenvalue weighted by atomic mass is 10.0. The van der Waals surface area contributed by atoms with E-state index in [0.29, 0.717) is 0 Å². The number of piperidine rings is 1. The van der Waals surface area contributed by atoms with Crippen LogP contribution in [0.25, 0.3) is 0 Å². The first-order valence-corrected chi connectivity index (χ1v) is 5.66. The van der Waals surface area contributed by atoms with Crippen molar-refractivity contribution in [1.29, 1.82) is 0 Å². The molecule has 1 amide bonds. The fourth-order valence-corrected chi connectivity index (χ4v) is 2.13. The Bertz CT molecular complexity index is 366. The fourth-order valence-electron chi connectivity index (χ4n) is 2.13. The van der Waals surface area contributed by atoms with Crippen LogP contribution in [0.1, 0.15) is 31.4 Å². The number of pyridine rings is 1. The van der Waals surface area contributed by atoms with Crippen LogP contribution in [0, 0.1) is 0 Å². The summed E-state index contributed by atoms with van der Waals surface area (Å²) in [7, 11) is 0. The van der Waals surface area contributed by atoms with Gasteiger partial charge in [-0.05, 0) is 37.5 Å². The Morgan fingerprint density at radius 3 is 2.88 bits per heavy atom. The zero-order valence-electron chi connectivity index (χ0n) is 9.47. The van der Waals surface area contributed by atoms with Gasteiger partial charge in [-0.1, -0.05) is 0 Å². The van der Waals surface area contributed by atoms with Crippen molar-refractivity contribution in [3.63, 3.8) is 0 Å². The standard InChI is InChI=1S/C12H17N3O/c1-9(10-4-6-14-7-5-10)15-8-2-3-11(13)12(15)16/h4-7,9,11H,2-3,8,13H2,1H3. The summed E-state index contributed by atoms with van der Waals surface area (Å²) in [4.78, 5) is 17.8. The largest absolute Gasteiger partial charge is 0.335 e. The summed E-state index contributed by atoms with van der Waals surface area (Å²) in [6, 6.07) is 3.65. The zero-order valence-corrected chi connectivity index (χ0v) is 9.47. The van der Waals surface area contributed by atoms with E-state index in [-0.39, 0.29) is 18.0 Å². The third kappa shape index (κ3) is 2.07. The number of carbonyl (C=O) groups excluding carboxylic acids is 1. The fraction of sp³-hybridized carbons (Fsp3) is 0.500. The van der Waals surface area contributed by atoms with Crippen LogP contribution in [0.15, 0.2) is 24.5 Å². The Morgan fingerprint density at radius 2 is 2.19 bits per heavy atom. The molecule has 1 aromatic heterocycles. The highest BCUT2D eigenvalue weighted by atomic mass is 16.2. The van der Waals surface area contributed by atoms with Crippen molar-refractivity contribution < 1.29 is 4.79 Å². The first-order valence-electron chi connectivity index (χ1n) is 5.66. The van der Waals surface area contributed by atoms with Gasteiger partial charge in [0.15, 0.2) is 0 Å². The molecular weight excluding hydrogens is 202 g/mol. The van der Waals surface area contributed by atoms with Crippen molar-refractivity contribution in [2.24, 2.45) is 5.73 Å². The van der Waals surface area contributed by atoms with Crippen LogP contribution in [0.4, 0.5) is 0 Å². The lowest BCUT2D eigenvalue weighted by molar-refractivity contribution is -0.137. The minimum absolute atomic E-state index is 0.0653. The molecular formula is C12H17N3O. The molecule has 0 radical (unpaired) electrons. The van der Waals surface area contributed by atoms with Gasteiger partial charge in [0, 0.05) is 18.9 Å². The lowest BCUT2D eigenvalue weighted by Crippen LogP contribution is -2.49. The van der Waals surface area contributed by atoms with Gasteiger partial charge in [0.1, 0.15) is 0 Å². The SMILES string of the molecule is CC(c1ccncc1)N1CCCC(N)C1=O. The van der Waals surface area contributed by atoms with Crippen LogP contribution >= 0.6 is 0 Å². The molecule has 2 rings (SSSR count). The molecule has 0 aromatic carbocycles. The highest BCUT2D eigenvalue weighted by Crippen LogP contribution is 2.23. The number of nitrogens with zero attached hydrogens (tertiary/aromatic N) is 2.